The zero-order valence-corrected chi connectivity index (χ0v) is 15.9. The van der Waals surface area contributed by atoms with Gasteiger partial charge >= 0.3 is 0 Å². The monoisotopic (exact) mass is 357 g/mol. The Balaban J connectivity index is 1.62. The summed E-state index contributed by atoms with van der Waals surface area (Å²) in [7, 11) is 0. The number of ketones is 1. The minimum absolute atomic E-state index is 0.130. The van der Waals surface area contributed by atoms with Crippen molar-refractivity contribution in [1.82, 2.24) is 4.90 Å². The minimum Gasteiger partial charge on any atom is -0.392 e. The Bertz CT molecular complexity index is 735. The maximum Gasteiger partial charge on any atom is 0.140 e. The Hall–Kier alpha value is -0.710. The van der Waals surface area contributed by atoms with Crippen molar-refractivity contribution in [1.29, 1.82) is 0 Å². The summed E-state index contributed by atoms with van der Waals surface area (Å²) >= 11 is 0. The second kappa shape index (κ2) is 4.47. The number of likely N-dealkylation sites (tertiary alicyclic amines) is 1. The molecule has 6 fully saturated rings. The number of carbonyl (C=O) groups excluding carboxylic acids is 1. The summed E-state index contributed by atoms with van der Waals surface area (Å²) in [5.74, 6) is 1.16. The highest BCUT2D eigenvalue weighted by molar-refractivity contribution is 5.87. The molecule has 6 aliphatic rings. The summed E-state index contributed by atoms with van der Waals surface area (Å²) in [5, 5.41) is 22.8. The molecule has 0 radical (unpaired) electrons. The van der Waals surface area contributed by atoms with Crippen LogP contribution in [0.5, 0.6) is 0 Å². The fourth-order valence-corrected chi connectivity index (χ4v) is 9.75. The lowest BCUT2D eigenvalue weighted by Gasteiger charge is -2.65. The Kier molecular flexibility index (Phi) is 2.80. The van der Waals surface area contributed by atoms with E-state index in [9.17, 15) is 15.0 Å². The number of nitrogens with zero attached hydrogens (tertiary/aromatic N) is 1. The first kappa shape index (κ1) is 16.3. The van der Waals surface area contributed by atoms with Gasteiger partial charge in [0.05, 0.1) is 12.2 Å². The maximum absolute atomic E-state index is 13.0. The van der Waals surface area contributed by atoms with Gasteiger partial charge in [-0.2, -0.15) is 0 Å². The number of piperidine rings is 1. The number of fused-ring (bicyclic) bond motifs is 1. The van der Waals surface area contributed by atoms with Crippen LogP contribution in [0.4, 0.5) is 0 Å². The van der Waals surface area contributed by atoms with Gasteiger partial charge in [-0.15, -0.1) is 0 Å². The highest BCUT2D eigenvalue weighted by Crippen LogP contribution is 2.83. The molecule has 0 aromatic carbocycles. The molecule has 142 valence electrons. The van der Waals surface area contributed by atoms with Gasteiger partial charge in [0.25, 0.3) is 0 Å². The molecular formula is C22H31NO3. The van der Waals surface area contributed by atoms with Crippen LogP contribution in [0.3, 0.4) is 0 Å². The first-order valence-electron chi connectivity index (χ1n) is 10.6. The molecule has 7 bridgehead atoms. The van der Waals surface area contributed by atoms with E-state index < -0.39 is 6.10 Å². The zero-order valence-electron chi connectivity index (χ0n) is 15.9. The third kappa shape index (κ3) is 1.33. The summed E-state index contributed by atoms with van der Waals surface area (Å²) in [6.45, 7) is 10.9. The van der Waals surface area contributed by atoms with Gasteiger partial charge in [0.2, 0.25) is 0 Å². The molecule has 2 spiro atoms. The van der Waals surface area contributed by atoms with E-state index in [4.69, 9.17) is 0 Å². The lowest BCUT2D eigenvalue weighted by atomic mass is 9.43. The van der Waals surface area contributed by atoms with Crippen molar-refractivity contribution in [2.75, 3.05) is 13.1 Å². The number of aliphatic hydroxyl groups is 2. The van der Waals surface area contributed by atoms with E-state index >= 15 is 0 Å². The lowest BCUT2D eigenvalue weighted by Crippen LogP contribution is -2.68. The van der Waals surface area contributed by atoms with Gasteiger partial charge in [-0.3, -0.25) is 9.69 Å². The summed E-state index contributed by atoms with van der Waals surface area (Å²) in [6.07, 6.45) is 3.50. The third-order valence-corrected chi connectivity index (χ3v) is 10.4. The van der Waals surface area contributed by atoms with Crippen molar-refractivity contribution in [3.63, 3.8) is 0 Å². The summed E-state index contributed by atoms with van der Waals surface area (Å²) in [5.41, 5.74) is 0.598. The van der Waals surface area contributed by atoms with Gasteiger partial charge < -0.3 is 10.2 Å². The smallest absolute Gasteiger partial charge is 0.140 e. The van der Waals surface area contributed by atoms with Crippen molar-refractivity contribution in [2.24, 2.45) is 39.9 Å². The third-order valence-electron chi connectivity index (χ3n) is 10.4. The molecular weight excluding hydrogens is 326 g/mol. The number of hydrogen-bond donors (Lipinski definition) is 2. The van der Waals surface area contributed by atoms with Crippen molar-refractivity contribution in [3.05, 3.63) is 12.2 Å². The summed E-state index contributed by atoms with van der Waals surface area (Å²) in [4.78, 5) is 15.6. The molecule has 2 N–H and O–H groups in total. The SMILES string of the molecule is C=C1[C@H]2C[C@@]3([C@@H]1O)[C@@H](CC2=O)[C@]12[C@@H]4C[C@H]3[C@H]1N(CC)C[C@]4(C)CC[C@@H]2O. The molecule has 5 saturated carbocycles. The van der Waals surface area contributed by atoms with E-state index in [1.165, 1.54) is 0 Å². The molecule has 0 unspecified atom stereocenters. The molecule has 4 heteroatoms. The molecule has 1 heterocycles. The summed E-state index contributed by atoms with van der Waals surface area (Å²) in [6, 6.07) is 0.331. The maximum atomic E-state index is 13.0. The van der Waals surface area contributed by atoms with E-state index in [1.54, 1.807) is 0 Å². The van der Waals surface area contributed by atoms with Crippen LogP contribution in [-0.4, -0.2) is 52.2 Å². The number of aliphatic hydroxyl groups excluding tert-OH is 2. The lowest BCUT2D eigenvalue weighted by molar-refractivity contribution is -0.211. The van der Waals surface area contributed by atoms with Crippen LogP contribution < -0.4 is 0 Å². The van der Waals surface area contributed by atoms with E-state index in [2.05, 4.69) is 25.3 Å². The van der Waals surface area contributed by atoms with E-state index in [-0.39, 0.29) is 40.0 Å². The highest BCUT2D eigenvalue weighted by atomic mass is 16.3. The second-order valence-electron chi connectivity index (χ2n) is 10.7. The van der Waals surface area contributed by atoms with E-state index in [0.29, 0.717) is 24.3 Å². The van der Waals surface area contributed by atoms with Gasteiger partial charge in [-0.25, -0.2) is 0 Å². The van der Waals surface area contributed by atoms with Crippen LogP contribution in [0.1, 0.15) is 46.0 Å². The predicted molar refractivity (Wildman–Crippen MR) is 97.2 cm³/mol. The Labute approximate surface area is 155 Å². The number of Topliss-reactive ketones (excluding diaryl/α,β-unsaturated/α-hetero) is 1. The van der Waals surface area contributed by atoms with Crippen molar-refractivity contribution in [2.45, 2.75) is 64.2 Å². The molecule has 0 aromatic heterocycles. The van der Waals surface area contributed by atoms with Crippen LogP contribution in [-0.2, 0) is 4.79 Å². The molecule has 0 aromatic rings. The van der Waals surface area contributed by atoms with Crippen LogP contribution >= 0.6 is 0 Å². The van der Waals surface area contributed by atoms with Gasteiger partial charge in [0.15, 0.2) is 0 Å². The predicted octanol–water partition coefficient (Wildman–Crippen LogP) is 2.00. The van der Waals surface area contributed by atoms with Gasteiger partial charge in [-0.05, 0) is 61.0 Å². The number of hydrogen-bond acceptors (Lipinski definition) is 4. The Morgan fingerprint density at radius 2 is 2.08 bits per heavy atom. The average molecular weight is 357 g/mol. The first-order chi connectivity index (χ1) is 12.3. The summed E-state index contributed by atoms with van der Waals surface area (Å²) < 4.78 is 0. The Morgan fingerprint density at radius 1 is 1.31 bits per heavy atom. The largest absolute Gasteiger partial charge is 0.392 e. The average Bonchev–Trinajstić information content (AvgIpc) is 3.14. The van der Waals surface area contributed by atoms with E-state index in [0.717, 1.165) is 44.3 Å². The van der Waals surface area contributed by atoms with Crippen molar-refractivity contribution >= 4 is 5.78 Å². The quantitative estimate of drug-likeness (QED) is 0.705. The molecule has 10 atom stereocenters. The molecule has 0 amide bonds. The second-order valence-corrected chi connectivity index (χ2v) is 10.7. The van der Waals surface area contributed by atoms with Crippen LogP contribution in [0.2, 0.25) is 0 Å². The Morgan fingerprint density at radius 3 is 2.81 bits per heavy atom. The molecule has 1 saturated heterocycles. The van der Waals surface area contributed by atoms with E-state index in [1.807, 2.05) is 0 Å². The standard InChI is InChI=1S/C22H31NO3/c1-4-23-10-20(3)6-5-17(25)22-15(20)7-13(18(22)23)21-9-12(11(2)19(21)26)14(24)8-16(21)22/h12-13,15-19,25-26H,2,4-10H2,1,3H3/t12-,13+,15-,16-,17+,18-,19-,20+,21+,22+/m1/s1. The molecule has 26 heavy (non-hydrogen) atoms. The van der Waals surface area contributed by atoms with Crippen molar-refractivity contribution in [3.8, 4) is 0 Å². The van der Waals surface area contributed by atoms with Gasteiger partial charge in [0, 0.05) is 35.8 Å². The van der Waals surface area contributed by atoms with Gasteiger partial charge in [0.1, 0.15) is 5.78 Å². The van der Waals surface area contributed by atoms with Crippen LogP contribution in [0.25, 0.3) is 0 Å². The number of rotatable bonds is 1. The topological polar surface area (TPSA) is 60.8 Å². The highest BCUT2D eigenvalue weighted by Gasteiger charge is 2.85. The minimum atomic E-state index is -0.561. The molecule has 6 rings (SSSR count). The van der Waals surface area contributed by atoms with Crippen LogP contribution in [0, 0.1) is 39.9 Å². The fourth-order valence-electron chi connectivity index (χ4n) is 9.75. The zero-order chi connectivity index (χ0) is 18.2. The van der Waals surface area contributed by atoms with Crippen LogP contribution in [0.15, 0.2) is 12.2 Å². The molecule has 1 aliphatic heterocycles. The fraction of sp³-hybridized carbons (Fsp3) is 0.864. The normalized spacial score (nSPS) is 62.7. The molecule has 4 nitrogen and oxygen atoms in total. The van der Waals surface area contributed by atoms with Crippen molar-refractivity contribution < 1.29 is 15.0 Å². The number of carbonyl (C=O) groups is 1. The first-order valence-corrected chi connectivity index (χ1v) is 10.6. The van der Waals surface area contributed by atoms with Gasteiger partial charge in [-0.1, -0.05) is 20.4 Å². The molecule has 5 aliphatic carbocycles.